The van der Waals surface area contributed by atoms with Crippen LogP contribution in [0, 0.1) is 0 Å². The number of aromatic amines is 1. The maximum Gasteiger partial charge on any atom is 0.280 e. The number of para-hydroxylation sites is 2. The van der Waals surface area contributed by atoms with Crippen LogP contribution in [0.1, 0.15) is 12.5 Å². The molecule has 0 saturated heterocycles. The highest BCUT2D eigenvalue weighted by Crippen LogP contribution is 2.26. The van der Waals surface area contributed by atoms with Gasteiger partial charge in [0.15, 0.2) is 0 Å². The summed E-state index contributed by atoms with van der Waals surface area (Å²) in [7, 11) is 0. The van der Waals surface area contributed by atoms with Crippen molar-refractivity contribution in [3.05, 3.63) is 106 Å². The van der Waals surface area contributed by atoms with Gasteiger partial charge in [0, 0.05) is 5.56 Å². The number of nitrogens with one attached hydrogen (secondary N) is 1. The first-order chi connectivity index (χ1) is 13.6. The number of H-pyrrole nitrogens is 1. The summed E-state index contributed by atoms with van der Waals surface area (Å²) in [6.45, 7) is 1.83. The fraction of sp³-hybridized carbons (Fsp3) is 0.0435. The van der Waals surface area contributed by atoms with Crippen molar-refractivity contribution >= 4 is 23.0 Å². The van der Waals surface area contributed by atoms with Crippen LogP contribution in [0.2, 0.25) is 5.02 Å². The van der Waals surface area contributed by atoms with Crippen molar-refractivity contribution in [2.24, 2.45) is 4.99 Å². The fourth-order valence-corrected chi connectivity index (χ4v) is 3.30. The van der Waals surface area contributed by atoms with Gasteiger partial charge < -0.3 is 0 Å². The van der Waals surface area contributed by atoms with Gasteiger partial charge in [-0.1, -0.05) is 72.3 Å². The van der Waals surface area contributed by atoms with E-state index in [9.17, 15) is 4.79 Å². The van der Waals surface area contributed by atoms with Crippen LogP contribution >= 0.6 is 11.6 Å². The lowest BCUT2D eigenvalue weighted by atomic mass is 10.1. The zero-order valence-corrected chi connectivity index (χ0v) is 16.0. The van der Waals surface area contributed by atoms with Gasteiger partial charge in [-0.15, -0.1) is 0 Å². The van der Waals surface area contributed by atoms with Crippen molar-refractivity contribution < 1.29 is 0 Å². The van der Waals surface area contributed by atoms with Crippen molar-refractivity contribution in [1.29, 1.82) is 0 Å². The van der Waals surface area contributed by atoms with E-state index in [0.717, 1.165) is 16.9 Å². The summed E-state index contributed by atoms with van der Waals surface area (Å²) < 4.78 is 1.54. The third-order valence-electron chi connectivity index (χ3n) is 4.47. The number of aliphatic imine (C=N–C) groups is 1. The summed E-state index contributed by atoms with van der Waals surface area (Å²) in [6.07, 6.45) is 0. The minimum absolute atomic E-state index is 0.154. The molecule has 1 heterocycles. The second-order valence-corrected chi connectivity index (χ2v) is 6.76. The Hall–Kier alpha value is -3.37. The molecule has 28 heavy (non-hydrogen) atoms. The molecule has 0 amide bonds. The van der Waals surface area contributed by atoms with Crippen LogP contribution < -0.4 is 5.56 Å². The molecule has 0 radical (unpaired) electrons. The molecule has 0 spiro atoms. The SMILES string of the molecule is CC(=Nc1ccccc1Cl)c1c(-c2ccccc2)[nH]n(-c2ccccc2)c1=O. The van der Waals surface area contributed by atoms with Crippen molar-refractivity contribution in [3.8, 4) is 16.9 Å². The molecule has 138 valence electrons. The Kier molecular flexibility index (Phi) is 4.96. The van der Waals surface area contributed by atoms with Gasteiger partial charge in [0.25, 0.3) is 5.56 Å². The summed E-state index contributed by atoms with van der Waals surface area (Å²) >= 11 is 6.26. The smallest absolute Gasteiger partial charge is 0.280 e. The summed E-state index contributed by atoms with van der Waals surface area (Å²) in [4.78, 5) is 17.9. The largest absolute Gasteiger partial charge is 0.290 e. The van der Waals surface area contributed by atoms with E-state index in [1.807, 2.05) is 85.8 Å². The van der Waals surface area contributed by atoms with Gasteiger partial charge in [-0.2, -0.15) is 0 Å². The van der Waals surface area contributed by atoms with Crippen molar-refractivity contribution in [2.75, 3.05) is 0 Å². The second-order valence-electron chi connectivity index (χ2n) is 6.35. The lowest BCUT2D eigenvalue weighted by Gasteiger charge is -2.04. The molecule has 4 aromatic rings. The number of nitrogens with zero attached hydrogens (tertiary/aromatic N) is 2. The molecule has 0 unspecified atom stereocenters. The van der Waals surface area contributed by atoms with Crippen molar-refractivity contribution in [1.82, 2.24) is 9.78 Å². The van der Waals surface area contributed by atoms with Gasteiger partial charge >= 0.3 is 0 Å². The molecule has 0 atom stereocenters. The second kappa shape index (κ2) is 7.71. The number of hydrogen-bond acceptors (Lipinski definition) is 2. The molecule has 0 aliphatic carbocycles. The molecular formula is C23H18ClN3O. The van der Waals surface area contributed by atoms with Gasteiger partial charge in [-0.25, -0.2) is 4.68 Å². The Morgan fingerprint density at radius 2 is 1.50 bits per heavy atom. The minimum atomic E-state index is -0.154. The van der Waals surface area contributed by atoms with Gasteiger partial charge in [0.05, 0.1) is 33.4 Å². The highest BCUT2D eigenvalue weighted by Gasteiger charge is 2.19. The maximum absolute atomic E-state index is 13.3. The first-order valence-corrected chi connectivity index (χ1v) is 9.29. The van der Waals surface area contributed by atoms with Crippen LogP contribution in [-0.2, 0) is 0 Å². The van der Waals surface area contributed by atoms with Gasteiger partial charge in [0.2, 0.25) is 0 Å². The lowest BCUT2D eigenvalue weighted by Crippen LogP contribution is -2.19. The summed E-state index contributed by atoms with van der Waals surface area (Å²) in [5, 5.41) is 3.80. The standard InChI is InChI=1S/C23H18ClN3O/c1-16(25-20-15-9-8-14-19(20)24)21-22(17-10-4-2-5-11-17)26-27(23(21)28)18-12-6-3-7-13-18/h2-15,26H,1H3. The number of aromatic nitrogens is 2. The first-order valence-electron chi connectivity index (χ1n) is 8.91. The van der Waals surface area contributed by atoms with Crippen LogP contribution in [0.15, 0.2) is 94.7 Å². The Morgan fingerprint density at radius 3 is 2.18 bits per heavy atom. The normalized spacial score (nSPS) is 11.6. The van der Waals surface area contributed by atoms with E-state index in [2.05, 4.69) is 10.1 Å². The zero-order chi connectivity index (χ0) is 19.5. The maximum atomic E-state index is 13.3. The molecule has 1 aromatic heterocycles. The summed E-state index contributed by atoms with van der Waals surface area (Å²) in [5.41, 5.74) is 4.01. The Balaban J connectivity index is 1.94. The van der Waals surface area contributed by atoms with E-state index in [0.29, 0.717) is 22.0 Å². The molecule has 0 aliphatic heterocycles. The zero-order valence-electron chi connectivity index (χ0n) is 15.3. The van der Waals surface area contributed by atoms with Crippen molar-refractivity contribution in [2.45, 2.75) is 6.92 Å². The van der Waals surface area contributed by atoms with Crippen LogP contribution in [0.5, 0.6) is 0 Å². The monoisotopic (exact) mass is 387 g/mol. The molecule has 0 bridgehead atoms. The molecule has 0 aliphatic rings. The number of hydrogen-bond donors (Lipinski definition) is 1. The van der Waals surface area contributed by atoms with E-state index >= 15 is 0 Å². The fourth-order valence-electron chi connectivity index (χ4n) is 3.12. The van der Waals surface area contributed by atoms with Crippen LogP contribution in [0.3, 0.4) is 0 Å². The van der Waals surface area contributed by atoms with Crippen LogP contribution in [0.25, 0.3) is 16.9 Å². The molecule has 0 saturated carbocycles. The van der Waals surface area contributed by atoms with E-state index in [4.69, 9.17) is 11.6 Å². The highest BCUT2D eigenvalue weighted by molar-refractivity contribution is 6.33. The van der Waals surface area contributed by atoms with E-state index in [1.54, 1.807) is 10.7 Å². The number of halogens is 1. The van der Waals surface area contributed by atoms with E-state index < -0.39 is 0 Å². The molecule has 4 rings (SSSR count). The summed E-state index contributed by atoms with van der Waals surface area (Å²) in [5.74, 6) is 0. The third kappa shape index (κ3) is 3.42. The van der Waals surface area contributed by atoms with E-state index in [-0.39, 0.29) is 5.56 Å². The predicted molar refractivity (Wildman–Crippen MR) is 115 cm³/mol. The Labute approximate surface area is 167 Å². The van der Waals surface area contributed by atoms with Crippen LogP contribution in [-0.4, -0.2) is 15.5 Å². The molecular weight excluding hydrogens is 370 g/mol. The molecule has 3 aromatic carbocycles. The Bertz CT molecular complexity index is 1190. The summed E-state index contributed by atoms with van der Waals surface area (Å²) in [6, 6.07) is 26.6. The molecule has 0 fully saturated rings. The topological polar surface area (TPSA) is 50.1 Å². The average Bonchev–Trinajstić information content (AvgIpc) is 3.08. The lowest BCUT2D eigenvalue weighted by molar-refractivity contribution is 0.852. The molecule has 4 nitrogen and oxygen atoms in total. The quantitative estimate of drug-likeness (QED) is 0.453. The van der Waals surface area contributed by atoms with Crippen LogP contribution in [0.4, 0.5) is 5.69 Å². The number of benzene rings is 3. The third-order valence-corrected chi connectivity index (χ3v) is 4.79. The predicted octanol–water partition coefficient (Wildman–Crippen LogP) is 5.63. The first kappa shape index (κ1) is 18.0. The Morgan fingerprint density at radius 1 is 0.893 bits per heavy atom. The van der Waals surface area contributed by atoms with E-state index in [1.165, 1.54) is 0 Å². The van der Waals surface area contributed by atoms with Gasteiger partial charge in [-0.3, -0.25) is 14.9 Å². The average molecular weight is 388 g/mol. The van der Waals surface area contributed by atoms with Gasteiger partial charge in [-0.05, 0) is 31.2 Å². The van der Waals surface area contributed by atoms with Gasteiger partial charge in [0.1, 0.15) is 0 Å². The highest BCUT2D eigenvalue weighted by atomic mass is 35.5. The van der Waals surface area contributed by atoms with Crippen molar-refractivity contribution in [3.63, 3.8) is 0 Å². The molecule has 1 N–H and O–H groups in total. The molecule has 5 heteroatoms. The minimum Gasteiger partial charge on any atom is -0.290 e. The number of rotatable bonds is 4.